The number of carbonyl (C=O) groups excluding carboxylic acids is 1. The Morgan fingerprint density at radius 3 is 2.51 bits per heavy atom. The first kappa shape index (κ1) is 29.6. The molecule has 0 fully saturated rings. The second kappa shape index (κ2) is 11.1. The van der Waals surface area contributed by atoms with Crippen LogP contribution in [0.1, 0.15) is 41.2 Å². The standard InChI is InChI=1S/C22H20N6O4.C7H8O3S/c1-2-22(31)15-7-17-18-13(9-28(17)19(29)14(15)10-32-20(22)30)6-12-4-3-11(5-16(12)26-18)8-25-27-21(23)24;1-6-2-4-7(5-3-6)11(8,9)10/h3-8,31H,2,9-10H2,1H3,(H4,23,24,27);2-5H,1H3,(H,8,9,10)/b25-8-;. The van der Waals surface area contributed by atoms with Crippen LogP contribution in [0.25, 0.3) is 22.3 Å². The molecule has 43 heavy (non-hydrogen) atoms. The van der Waals surface area contributed by atoms with Gasteiger partial charge in [0.05, 0.1) is 40.1 Å². The number of aromatic nitrogens is 2. The van der Waals surface area contributed by atoms with Crippen LogP contribution in [0.5, 0.6) is 0 Å². The fourth-order valence-electron chi connectivity index (χ4n) is 4.95. The molecule has 4 heterocycles. The summed E-state index contributed by atoms with van der Waals surface area (Å²) in [6.07, 6.45) is 1.61. The Morgan fingerprint density at radius 1 is 1.14 bits per heavy atom. The van der Waals surface area contributed by atoms with Crippen molar-refractivity contribution in [1.82, 2.24) is 9.55 Å². The highest BCUT2D eigenvalue weighted by molar-refractivity contribution is 7.85. The summed E-state index contributed by atoms with van der Waals surface area (Å²) in [5.41, 5.74) is 13.5. The van der Waals surface area contributed by atoms with Gasteiger partial charge in [-0.2, -0.15) is 13.5 Å². The predicted molar refractivity (Wildman–Crippen MR) is 159 cm³/mol. The zero-order chi connectivity index (χ0) is 31.1. The van der Waals surface area contributed by atoms with E-state index in [1.54, 1.807) is 29.7 Å². The van der Waals surface area contributed by atoms with Crippen LogP contribution in [-0.2, 0) is 38.4 Å². The van der Waals surface area contributed by atoms with Crippen LogP contribution < -0.4 is 17.0 Å². The Morgan fingerprint density at radius 2 is 1.86 bits per heavy atom. The number of esters is 1. The highest BCUT2D eigenvalue weighted by atomic mass is 32.2. The number of nitrogens with two attached hydrogens (primary N) is 2. The number of nitrogens with zero attached hydrogens (tertiary/aromatic N) is 4. The van der Waals surface area contributed by atoms with Crippen LogP contribution in [0.15, 0.2) is 74.5 Å². The quantitative estimate of drug-likeness (QED) is 0.0769. The van der Waals surface area contributed by atoms with Gasteiger partial charge in [-0.3, -0.25) is 9.35 Å². The van der Waals surface area contributed by atoms with Gasteiger partial charge in [0.15, 0.2) is 5.60 Å². The number of pyridine rings is 2. The molecule has 0 saturated carbocycles. The van der Waals surface area contributed by atoms with E-state index >= 15 is 0 Å². The van der Waals surface area contributed by atoms with Crippen LogP contribution >= 0.6 is 0 Å². The van der Waals surface area contributed by atoms with Crippen LogP contribution in [0.2, 0.25) is 0 Å². The number of aliphatic hydroxyl groups is 1. The molecule has 1 unspecified atom stereocenters. The van der Waals surface area contributed by atoms with Crippen molar-refractivity contribution in [2.75, 3.05) is 0 Å². The molecule has 6 N–H and O–H groups in total. The molecule has 2 aromatic heterocycles. The number of aryl methyl sites for hydroxylation is 1. The van der Waals surface area contributed by atoms with Gasteiger partial charge in [0, 0.05) is 16.5 Å². The van der Waals surface area contributed by atoms with Gasteiger partial charge < -0.3 is 25.9 Å². The number of fused-ring (bicyclic) bond motifs is 5. The molecule has 0 saturated heterocycles. The predicted octanol–water partition coefficient (Wildman–Crippen LogP) is 1.93. The van der Waals surface area contributed by atoms with E-state index in [4.69, 9.17) is 25.7 Å². The third-order valence-electron chi connectivity index (χ3n) is 7.23. The number of hydrogen-bond acceptors (Lipinski definition) is 9. The molecule has 6 rings (SSSR count). The molecular weight excluding hydrogens is 576 g/mol. The van der Waals surface area contributed by atoms with E-state index in [-0.39, 0.29) is 29.4 Å². The molecular formula is C29H28N6O7S. The van der Waals surface area contributed by atoms with Crippen LogP contribution in [0, 0.1) is 6.92 Å². The molecule has 222 valence electrons. The first-order valence-electron chi connectivity index (χ1n) is 13.1. The van der Waals surface area contributed by atoms with Crippen molar-refractivity contribution in [3.8, 4) is 11.4 Å². The van der Waals surface area contributed by atoms with Crippen molar-refractivity contribution in [2.45, 2.75) is 43.9 Å². The zero-order valence-corrected chi connectivity index (χ0v) is 24.0. The minimum atomic E-state index is -4.02. The summed E-state index contributed by atoms with van der Waals surface area (Å²) in [4.78, 5) is 30.2. The largest absolute Gasteiger partial charge is 0.458 e. The van der Waals surface area contributed by atoms with Gasteiger partial charge in [-0.1, -0.05) is 36.8 Å². The lowest BCUT2D eigenvalue weighted by Crippen LogP contribution is -2.44. The van der Waals surface area contributed by atoms with E-state index in [0.29, 0.717) is 34.6 Å². The van der Waals surface area contributed by atoms with Crippen LogP contribution in [0.4, 0.5) is 0 Å². The molecule has 13 nitrogen and oxygen atoms in total. The monoisotopic (exact) mass is 604 g/mol. The van der Waals surface area contributed by atoms with E-state index in [1.165, 1.54) is 18.3 Å². The topological polar surface area (TPSA) is 213 Å². The highest BCUT2D eigenvalue weighted by Crippen LogP contribution is 2.38. The summed E-state index contributed by atoms with van der Waals surface area (Å²) in [5.74, 6) is -0.884. The van der Waals surface area contributed by atoms with Gasteiger partial charge in [-0.25, -0.2) is 9.78 Å². The number of guanidine groups is 1. The summed E-state index contributed by atoms with van der Waals surface area (Å²) in [5, 5.41) is 19.3. The first-order chi connectivity index (χ1) is 20.3. The summed E-state index contributed by atoms with van der Waals surface area (Å²) in [6.45, 7) is 3.71. The number of benzene rings is 2. The Labute approximate surface area is 245 Å². The summed E-state index contributed by atoms with van der Waals surface area (Å²) < 4.78 is 36.3. The Hall–Kier alpha value is -4.92. The van der Waals surface area contributed by atoms with E-state index < -0.39 is 21.7 Å². The lowest BCUT2D eigenvalue weighted by Gasteiger charge is -2.31. The average molecular weight is 605 g/mol. The number of hydrogen-bond donors (Lipinski definition) is 4. The number of carbonyl (C=O) groups is 1. The van der Waals surface area contributed by atoms with Crippen LogP contribution in [-0.4, -0.2) is 45.8 Å². The smallest absolute Gasteiger partial charge is 0.343 e. The van der Waals surface area contributed by atoms with Crippen LogP contribution in [0.3, 0.4) is 0 Å². The third-order valence-corrected chi connectivity index (χ3v) is 8.10. The fourth-order valence-corrected chi connectivity index (χ4v) is 5.43. The van der Waals surface area contributed by atoms with Gasteiger partial charge in [0.1, 0.15) is 6.61 Å². The van der Waals surface area contributed by atoms with E-state index in [9.17, 15) is 23.1 Å². The maximum Gasteiger partial charge on any atom is 0.343 e. The Bertz CT molecular complexity index is 2000. The maximum absolute atomic E-state index is 13.2. The molecule has 2 aliphatic heterocycles. The molecule has 1 atom stereocenters. The molecule has 14 heteroatoms. The van der Waals surface area contributed by atoms with Crippen molar-refractivity contribution < 1.29 is 27.6 Å². The molecule has 0 amide bonds. The molecule has 0 spiro atoms. The number of ether oxygens (including phenoxy) is 1. The van der Waals surface area contributed by atoms with Crippen molar-refractivity contribution in [3.05, 3.63) is 92.8 Å². The maximum atomic E-state index is 13.2. The van der Waals surface area contributed by atoms with E-state index in [0.717, 1.165) is 22.1 Å². The van der Waals surface area contributed by atoms with Crippen molar-refractivity contribution in [3.63, 3.8) is 0 Å². The third kappa shape index (κ3) is 5.62. The fraction of sp³-hybridized carbons (Fsp3) is 0.207. The van der Waals surface area contributed by atoms with Crippen molar-refractivity contribution >= 4 is 39.2 Å². The second-order valence-electron chi connectivity index (χ2n) is 10.1. The Kier molecular flexibility index (Phi) is 7.60. The summed E-state index contributed by atoms with van der Waals surface area (Å²) in [6, 6.07) is 15.3. The molecule has 2 aliphatic rings. The van der Waals surface area contributed by atoms with Gasteiger partial charge in [-0.15, -0.1) is 5.10 Å². The first-order valence-corrected chi connectivity index (χ1v) is 14.5. The van der Waals surface area contributed by atoms with Gasteiger partial charge in [0.2, 0.25) is 5.96 Å². The van der Waals surface area contributed by atoms with E-state index in [2.05, 4.69) is 10.2 Å². The molecule has 2 aromatic carbocycles. The molecule has 0 radical (unpaired) electrons. The second-order valence-corrected chi connectivity index (χ2v) is 11.5. The lowest BCUT2D eigenvalue weighted by molar-refractivity contribution is -0.172. The number of cyclic esters (lactones) is 1. The molecule has 0 bridgehead atoms. The number of rotatable bonds is 4. The van der Waals surface area contributed by atoms with E-state index in [1.807, 2.05) is 31.2 Å². The summed E-state index contributed by atoms with van der Waals surface area (Å²) >= 11 is 0. The SMILES string of the molecule is CCC1(O)C(=O)OCc2c1cc1n(c2=O)Cc2cc3ccc(/C=N\N=C(N)N)cc3nc2-1.Cc1ccc(S(=O)(=O)O)cc1. The van der Waals surface area contributed by atoms with Gasteiger partial charge in [0.25, 0.3) is 15.7 Å². The minimum absolute atomic E-state index is 0.0666. The summed E-state index contributed by atoms with van der Waals surface area (Å²) in [7, 11) is -4.02. The van der Waals surface area contributed by atoms with Gasteiger partial charge in [-0.05, 0) is 49.2 Å². The highest BCUT2D eigenvalue weighted by Gasteiger charge is 2.45. The Balaban J connectivity index is 0.000000283. The minimum Gasteiger partial charge on any atom is -0.458 e. The lowest BCUT2D eigenvalue weighted by atomic mass is 9.86. The molecule has 4 aromatic rings. The molecule has 0 aliphatic carbocycles. The normalized spacial score (nSPS) is 17.0. The van der Waals surface area contributed by atoms with Crippen molar-refractivity contribution in [1.29, 1.82) is 0 Å². The van der Waals surface area contributed by atoms with Gasteiger partial charge >= 0.3 is 5.97 Å². The van der Waals surface area contributed by atoms with Crippen molar-refractivity contribution in [2.24, 2.45) is 21.7 Å². The average Bonchev–Trinajstić information content (AvgIpc) is 3.31. The zero-order valence-electron chi connectivity index (χ0n) is 23.2.